The number of hydrogen-bond donors (Lipinski definition) is 1. The average Bonchev–Trinajstić information content (AvgIpc) is 2.77. The fourth-order valence-corrected chi connectivity index (χ4v) is 3.03. The fourth-order valence-electron chi connectivity index (χ4n) is 3.03. The molecule has 4 heteroatoms. The highest BCUT2D eigenvalue weighted by atomic mass is 16.5. The Kier molecular flexibility index (Phi) is 8.28. The van der Waals surface area contributed by atoms with Crippen molar-refractivity contribution >= 4 is 12.3 Å². The summed E-state index contributed by atoms with van der Waals surface area (Å²) in [4.78, 5) is 21.9. The molecule has 1 rings (SSSR count). The van der Waals surface area contributed by atoms with Crippen molar-refractivity contribution in [1.29, 1.82) is 0 Å². The number of aliphatic hydroxyl groups is 1. The molecule has 1 aliphatic carbocycles. The van der Waals surface area contributed by atoms with Gasteiger partial charge in [-0.2, -0.15) is 0 Å². The Morgan fingerprint density at radius 1 is 1.38 bits per heavy atom. The van der Waals surface area contributed by atoms with E-state index in [1.807, 2.05) is 12.2 Å². The van der Waals surface area contributed by atoms with Gasteiger partial charge < -0.3 is 14.6 Å². The molecule has 1 aliphatic rings. The Labute approximate surface area is 127 Å². The summed E-state index contributed by atoms with van der Waals surface area (Å²) >= 11 is 0. The topological polar surface area (TPSA) is 63.6 Å². The Morgan fingerprint density at radius 3 is 2.76 bits per heavy atom. The number of aliphatic hydroxyl groups excluding tert-OH is 1. The summed E-state index contributed by atoms with van der Waals surface area (Å²) < 4.78 is 5.32. The lowest BCUT2D eigenvalue weighted by atomic mass is 9.91. The Morgan fingerprint density at radius 2 is 2.14 bits per heavy atom. The molecule has 0 unspecified atom stereocenters. The molecule has 0 aromatic rings. The molecular weight excluding hydrogens is 268 g/mol. The molecule has 0 aromatic heterocycles. The van der Waals surface area contributed by atoms with E-state index in [9.17, 15) is 14.7 Å². The number of carbonyl (C=O) groups is 2. The fraction of sp³-hybridized carbons (Fsp3) is 0.765. The van der Waals surface area contributed by atoms with Crippen LogP contribution in [0.1, 0.15) is 58.8 Å². The van der Waals surface area contributed by atoms with Crippen molar-refractivity contribution in [3.8, 4) is 0 Å². The molecule has 0 heterocycles. The van der Waals surface area contributed by atoms with Crippen LogP contribution in [-0.4, -0.2) is 29.6 Å². The summed E-state index contributed by atoms with van der Waals surface area (Å²) in [5, 5.41) is 9.90. The van der Waals surface area contributed by atoms with Crippen LogP contribution in [0, 0.1) is 11.8 Å². The van der Waals surface area contributed by atoms with Crippen molar-refractivity contribution in [3.05, 3.63) is 12.2 Å². The van der Waals surface area contributed by atoms with Gasteiger partial charge in [0, 0.05) is 13.3 Å². The molecule has 21 heavy (non-hydrogen) atoms. The van der Waals surface area contributed by atoms with Crippen LogP contribution in [0.4, 0.5) is 0 Å². The minimum absolute atomic E-state index is 0.00682. The molecule has 1 N–H and O–H groups in total. The third kappa shape index (κ3) is 6.42. The standard InChI is InChI=1S/C17H28O4/c1-3-4-5-6-15(21-13(2)19)9-7-14-8-10-17(20)16(14)11-12-18/h7,9,12,14-17,20H,3-6,8,10-11H2,1-2H3/b9-7+/t14-,15-,16+,17+/m0/s1. The van der Waals surface area contributed by atoms with E-state index in [0.717, 1.165) is 44.8 Å². The van der Waals surface area contributed by atoms with Gasteiger partial charge >= 0.3 is 5.97 Å². The molecule has 120 valence electrons. The largest absolute Gasteiger partial charge is 0.458 e. The van der Waals surface area contributed by atoms with E-state index in [1.54, 1.807) is 0 Å². The monoisotopic (exact) mass is 296 g/mol. The highest BCUT2D eigenvalue weighted by Gasteiger charge is 2.32. The normalized spacial score (nSPS) is 26.9. The maximum absolute atomic E-state index is 11.2. The molecule has 1 saturated carbocycles. The molecule has 0 radical (unpaired) electrons. The SMILES string of the molecule is CCCCC[C@@H](/C=C/[C@H]1CC[C@@H](O)[C@@H]1CC=O)OC(C)=O. The Bertz CT molecular complexity index is 351. The third-order valence-electron chi connectivity index (χ3n) is 4.19. The highest BCUT2D eigenvalue weighted by Crippen LogP contribution is 2.35. The minimum atomic E-state index is -0.392. The van der Waals surface area contributed by atoms with Crippen LogP contribution in [0.25, 0.3) is 0 Å². The van der Waals surface area contributed by atoms with Gasteiger partial charge in [-0.25, -0.2) is 0 Å². The van der Waals surface area contributed by atoms with Crippen molar-refractivity contribution in [3.63, 3.8) is 0 Å². The number of aldehydes is 1. The summed E-state index contributed by atoms with van der Waals surface area (Å²) in [6.45, 7) is 3.57. The van der Waals surface area contributed by atoms with Gasteiger partial charge in [0.1, 0.15) is 12.4 Å². The highest BCUT2D eigenvalue weighted by molar-refractivity contribution is 5.66. The summed E-state index contributed by atoms with van der Waals surface area (Å²) in [7, 11) is 0. The van der Waals surface area contributed by atoms with Gasteiger partial charge in [0.25, 0.3) is 0 Å². The van der Waals surface area contributed by atoms with E-state index in [4.69, 9.17) is 4.74 Å². The van der Waals surface area contributed by atoms with E-state index in [0.29, 0.717) is 6.42 Å². The molecule has 0 aromatic carbocycles. The van der Waals surface area contributed by atoms with E-state index in [2.05, 4.69) is 6.92 Å². The number of hydrogen-bond acceptors (Lipinski definition) is 4. The first-order valence-corrected chi connectivity index (χ1v) is 8.05. The van der Waals surface area contributed by atoms with Crippen LogP contribution in [0.3, 0.4) is 0 Å². The van der Waals surface area contributed by atoms with Crippen molar-refractivity contribution in [1.82, 2.24) is 0 Å². The lowest BCUT2D eigenvalue weighted by Gasteiger charge is -2.18. The second kappa shape index (κ2) is 9.72. The van der Waals surface area contributed by atoms with Gasteiger partial charge in [0.15, 0.2) is 0 Å². The molecule has 0 amide bonds. The van der Waals surface area contributed by atoms with E-state index in [1.165, 1.54) is 6.92 Å². The first-order valence-electron chi connectivity index (χ1n) is 8.05. The molecule has 0 aliphatic heterocycles. The van der Waals surface area contributed by atoms with Crippen molar-refractivity contribution in [2.24, 2.45) is 11.8 Å². The summed E-state index contributed by atoms with van der Waals surface area (Å²) in [6, 6.07) is 0. The van der Waals surface area contributed by atoms with Crippen molar-refractivity contribution in [2.75, 3.05) is 0 Å². The lowest BCUT2D eigenvalue weighted by Crippen LogP contribution is -2.19. The summed E-state index contributed by atoms with van der Waals surface area (Å²) in [5.41, 5.74) is 0. The molecule has 1 fully saturated rings. The third-order valence-corrected chi connectivity index (χ3v) is 4.19. The maximum Gasteiger partial charge on any atom is 0.303 e. The molecular formula is C17H28O4. The van der Waals surface area contributed by atoms with Crippen LogP contribution in [0.5, 0.6) is 0 Å². The van der Waals surface area contributed by atoms with Crippen LogP contribution >= 0.6 is 0 Å². The summed E-state index contributed by atoms with van der Waals surface area (Å²) in [6.07, 6.45) is 10.4. The number of ether oxygens (including phenoxy) is 1. The van der Waals surface area contributed by atoms with Crippen LogP contribution < -0.4 is 0 Å². The first kappa shape index (κ1) is 17.9. The summed E-state index contributed by atoms with van der Waals surface area (Å²) in [5.74, 6) is -0.0566. The molecule has 0 spiro atoms. The van der Waals surface area contributed by atoms with Gasteiger partial charge in [-0.05, 0) is 43.6 Å². The van der Waals surface area contributed by atoms with Crippen molar-refractivity contribution < 1.29 is 19.4 Å². The second-order valence-corrected chi connectivity index (χ2v) is 5.90. The van der Waals surface area contributed by atoms with E-state index < -0.39 is 6.10 Å². The van der Waals surface area contributed by atoms with E-state index >= 15 is 0 Å². The molecule has 4 atom stereocenters. The van der Waals surface area contributed by atoms with Crippen molar-refractivity contribution in [2.45, 2.75) is 71.0 Å². The number of allylic oxidation sites excluding steroid dienone is 1. The quantitative estimate of drug-likeness (QED) is 0.307. The number of esters is 1. The van der Waals surface area contributed by atoms with Crippen LogP contribution in [0.2, 0.25) is 0 Å². The van der Waals surface area contributed by atoms with Crippen LogP contribution in [0.15, 0.2) is 12.2 Å². The Hall–Kier alpha value is -1.16. The molecule has 0 bridgehead atoms. The maximum atomic E-state index is 11.2. The van der Waals surface area contributed by atoms with Crippen LogP contribution in [-0.2, 0) is 14.3 Å². The van der Waals surface area contributed by atoms with Gasteiger partial charge in [0.05, 0.1) is 6.10 Å². The van der Waals surface area contributed by atoms with Gasteiger partial charge in [0.2, 0.25) is 0 Å². The van der Waals surface area contributed by atoms with E-state index in [-0.39, 0.29) is 23.9 Å². The van der Waals surface area contributed by atoms with Gasteiger partial charge in [-0.1, -0.05) is 25.8 Å². The smallest absolute Gasteiger partial charge is 0.303 e. The van der Waals surface area contributed by atoms with Gasteiger partial charge in [-0.3, -0.25) is 4.79 Å². The minimum Gasteiger partial charge on any atom is -0.458 e. The first-order chi connectivity index (χ1) is 10.1. The second-order valence-electron chi connectivity index (χ2n) is 5.90. The molecule has 4 nitrogen and oxygen atoms in total. The Balaban J connectivity index is 2.58. The predicted molar refractivity (Wildman–Crippen MR) is 81.7 cm³/mol. The zero-order chi connectivity index (χ0) is 15.7. The lowest BCUT2D eigenvalue weighted by molar-refractivity contribution is -0.144. The average molecular weight is 296 g/mol. The predicted octanol–water partition coefficient (Wildman–Crippen LogP) is 3.03. The zero-order valence-corrected chi connectivity index (χ0v) is 13.2. The zero-order valence-electron chi connectivity index (χ0n) is 13.2. The number of carbonyl (C=O) groups excluding carboxylic acids is 2. The number of unbranched alkanes of at least 4 members (excludes halogenated alkanes) is 2. The van der Waals surface area contributed by atoms with Gasteiger partial charge in [-0.15, -0.1) is 0 Å². The number of rotatable bonds is 9. The molecule has 0 saturated heterocycles.